The molecule has 0 saturated carbocycles. The average Bonchev–Trinajstić information content (AvgIpc) is 3.08. The highest BCUT2D eigenvalue weighted by molar-refractivity contribution is 5.00. The number of hydrogen-bond acceptors (Lipinski definition) is 3. The molecule has 0 radical (unpaired) electrons. The zero-order valence-corrected chi connectivity index (χ0v) is 12.8. The fraction of sp³-hybridized carbons (Fsp3) is 1.00. The fourth-order valence-electron chi connectivity index (χ4n) is 4.26. The Hall–Kier alpha value is -0.120. The van der Waals surface area contributed by atoms with Crippen molar-refractivity contribution in [2.45, 2.75) is 83.2 Å². The average molecular weight is 266 g/mol. The van der Waals surface area contributed by atoms with Crippen LogP contribution in [0.15, 0.2) is 0 Å². The van der Waals surface area contributed by atoms with Crippen molar-refractivity contribution >= 4 is 0 Å². The topological polar surface area (TPSA) is 24.5 Å². The smallest absolute Gasteiger partial charge is 0.0736 e. The minimum atomic E-state index is 0.537. The predicted octanol–water partition coefficient (Wildman–Crippen LogP) is 2.40. The van der Waals surface area contributed by atoms with E-state index in [2.05, 4.69) is 31.0 Å². The van der Waals surface area contributed by atoms with Gasteiger partial charge in [0.15, 0.2) is 0 Å². The van der Waals surface area contributed by atoms with Crippen molar-refractivity contribution in [3.05, 3.63) is 0 Å². The molecule has 0 aliphatic carbocycles. The zero-order chi connectivity index (χ0) is 13.4. The van der Waals surface area contributed by atoms with Gasteiger partial charge in [0.25, 0.3) is 0 Å². The Bertz CT molecular complexity index is 309. The summed E-state index contributed by atoms with van der Waals surface area (Å²) >= 11 is 0. The van der Waals surface area contributed by atoms with Gasteiger partial charge in [-0.15, -0.1) is 0 Å². The van der Waals surface area contributed by atoms with Gasteiger partial charge in [0.05, 0.1) is 12.2 Å². The first-order valence-corrected chi connectivity index (χ1v) is 8.37. The van der Waals surface area contributed by atoms with Crippen LogP contribution >= 0.6 is 0 Å². The van der Waals surface area contributed by atoms with Crippen molar-refractivity contribution in [2.75, 3.05) is 13.1 Å². The maximum atomic E-state index is 6.09. The molecule has 3 rings (SSSR count). The van der Waals surface area contributed by atoms with E-state index < -0.39 is 0 Å². The quantitative estimate of drug-likeness (QED) is 0.845. The van der Waals surface area contributed by atoms with Gasteiger partial charge in [-0.25, -0.2) is 0 Å². The Morgan fingerprint density at radius 1 is 1.32 bits per heavy atom. The summed E-state index contributed by atoms with van der Waals surface area (Å²) < 4.78 is 6.09. The standard InChI is InChI=1S/C16H30N2O/c1-4-11(3)14-10-18(12(5-2)9-17-14)15-8-13-6-7-16(15)19-13/h11-17H,4-10H2,1-3H3. The summed E-state index contributed by atoms with van der Waals surface area (Å²) in [5, 5.41) is 3.79. The molecule has 0 aromatic rings. The lowest BCUT2D eigenvalue weighted by Gasteiger charge is -2.46. The van der Waals surface area contributed by atoms with Crippen LogP contribution in [0.5, 0.6) is 0 Å². The number of ether oxygens (including phenoxy) is 1. The largest absolute Gasteiger partial charge is 0.373 e. The van der Waals surface area contributed by atoms with E-state index in [1.165, 1.54) is 45.2 Å². The van der Waals surface area contributed by atoms with Gasteiger partial charge in [-0.05, 0) is 31.6 Å². The summed E-state index contributed by atoms with van der Waals surface area (Å²) in [7, 11) is 0. The van der Waals surface area contributed by atoms with Gasteiger partial charge in [0.1, 0.15) is 0 Å². The van der Waals surface area contributed by atoms with Crippen LogP contribution in [-0.4, -0.2) is 48.3 Å². The van der Waals surface area contributed by atoms with Gasteiger partial charge in [-0.2, -0.15) is 0 Å². The van der Waals surface area contributed by atoms with Crippen molar-refractivity contribution in [1.82, 2.24) is 10.2 Å². The third kappa shape index (κ3) is 2.57. The van der Waals surface area contributed by atoms with Crippen molar-refractivity contribution in [3.8, 4) is 0 Å². The predicted molar refractivity (Wildman–Crippen MR) is 78.3 cm³/mol. The summed E-state index contributed by atoms with van der Waals surface area (Å²) in [4.78, 5) is 2.80. The Morgan fingerprint density at radius 3 is 2.74 bits per heavy atom. The Labute approximate surface area is 118 Å². The zero-order valence-electron chi connectivity index (χ0n) is 12.8. The molecule has 3 aliphatic heterocycles. The van der Waals surface area contributed by atoms with Crippen LogP contribution in [-0.2, 0) is 4.74 Å². The highest BCUT2D eigenvalue weighted by atomic mass is 16.5. The first-order valence-electron chi connectivity index (χ1n) is 8.37. The maximum Gasteiger partial charge on any atom is 0.0736 e. The molecule has 110 valence electrons. The van der Waals surface area contributed by atoms with Gasteiger partial charge in [-0.3, -0.25) is 4.90 Å². The molecule has 0 spiro atoms. The number of nitrogens with zero attached hydrogens (tertiary/aromatic N) is 1. The second-order valence-electron chi connectivity index (χ2n) is 6.84. The van der Waals surface area contributed by atoms with E-state index in [1.54, 1.807) is 0 Å². The molecule has 3 heteroatoms. The first-order chi connectivity index (χ1) is 9.22. The van der Waals surface area contributed by atoms with E-state index in [0.717, 1.165) is 5.92 Å². The van der Waals surface area contributed by atoms with Crippen LogP contribution in [0.1, 0.15) is 52.9 Å². The summed E-state index contributed by atoms with van der Waals surface area (Å²) in [6, 6.07) is 2.09. The number of hydrogen-bond donors (Lipinski definition) is 1. The molecule has 3 saturated heterocycles. The van der Waals surface area contributed by atoms with Gasteiger partial charge < -0.3 is 10.1 Å². The summed E-state index contributed by atoms with van der Waals surface area (Å²) in [5.74, 6) is 0.778. The van der Waals surface area contributed by atoms with Gasteiger partial charge in [0.2, 0.25) is 0 Å². The van der Waals surface area contributed by atoms with Crippen molar-refractivity contribution in [2.24, 2.45) is 5.92 Å². The van der Waals surface area contributed by atoms with Gasteiger partial charge >= 0.3 is 0 Å². The molecule has 0 aromatic heterocycles. The monoisotopic (exact) mass is 266 g/mol. The van der Waals surface area contributed by atoms with Gasteiger partial charge in [-0.1, -0.05) is 27.2 Å². The van der Waals surface area contributed by atoms with Crippen LogP contribution < -0.4 is 5.32 Å². The molecule has 3 aliphatic rings. The second kappa shape index (κ2) is 5.71. The highest BCUT2D eigenvalue weighted by Gasteiger charge is 2.46. The van der Waals surface area contributed by atoms with E-state index in [-0.39, 0.29) is 0 Å². The van der Waals surface area contributed by atoms with Crippen molar-refractivity contribution in [3.63, 3.8) is 0 Å². The summed E-state index contributed by atoms with van der Waals surface area (Å²) in [6.07, 6.45) is 7.53. The molecule has 3 heterocycles. The minimum Gasteiger partial charge on any atom is -0.373 e. The molecule has 2 bridgehead atoms. The lowest BCUT2D eigenvalue weighted by Crippen LogP contribution is -2.62. The van der Waals surface area contributed by atoms with Crippen LogP contribution in [0.25, 0.3) is 0 Å². The van der Waals surface area contributed by atoms with E-state index in [4.69, 9.17) is 4.74 Å². The Balaban J connectivity index is 1.69. The molecular weight excluding hydrogens is 236 g/mol. The minimum absolute atomic E-state index is 0.537. The van der Waals surface area contributed by atoms with Crippen LogP contribution in [0.3, 0.4) is 0 Å². The van der Waals surface area contributed by atoms with E-state index in [0.29, 0.717) is 30.3 Å². The van der Waals surface area contributed by atoms with E-state index in [1.807, 2.05) is 0 Å². The second-order valence-corrected chi connectivity index (χ2v) is 6.84. The number of fused-ring (bicyclic) bond motifs is 2. The number of rotatable bonds is 4. The molecule has 1 N–H and O–H groups in total. The first kappa shape index (κ1) is 13.8. The Kier molecular flexibility index (Phi) is 4.16. The van der Waals surface area contributed by atoms with Crippen LogP contribution in [0.2, 0.25) is 0 Å². The summed E-state index contributed by atoms with van der Waals surface area (Å²) in [6.45, 7) is 9.42. The number of nitrogens with one attached hydrogen (secondary N) is 1. The molecule has 3 fully saturated rings. The van der Waals surface area contributed by atoms with Crippen molar-refractivity contribution < 1.29 is 4.74 Å². The van der Waals surface area contributed by atoms with E-state index in [9.17, 15) is 0 Å². The van der Waals surface area contributed by atoms with Crippen molar-refractivity contribution in [1.29, 1.82) is 0 Å². The Morgan fingerprint density at radius 2 is 2.16 bits per heavy atom. The molecule has 3 nitrogen and oxygen atoms in total. The SMILES string of the molecule is CCC(C)C1CN(C2CC3CCC2O3)C(CC)CN1. The third-order valence-corrected chi connectivity index (χ3v) is 5.79. The molecule has 6 atom stereocenters. The highest BCUT2D eigenvalue weighted by Crippen LogP contribution is 2.39. The number of piperazine rings is 1. The lowest BCUT2D eigenvalue weighted by atomic mass is 9.89. The molecule has 6 unspecified atom stereocenters. The fourth-order valence-corrected chi connectivity index (χ4v) is 4.26. The molecule has 0 amide bonds. The van der Waals surface area contributed by atoms with Crippen LogP contribution in [0.4, 0.5) is 0 Å². The normalized spacial score (nSPS) is 44.7. The lowest BCUT2D eigenvalue weighted by molar-refractivity contribution is 0.0223. The molecular formula is C16H30N2O. The third-order valence-electron chi connectivity index (χ3n) is 5.79. The molecule has 0 aromatic carbocycles. The summed E-state index contributed by atoms with van der Waals surface area (Å²) in [5.41, 5.74) is 0. The van der Waals surface area contributed by atoms with Crippen LogP contribution in [0, 0.1) is 5.92 Å². The molecule has 19 heavy (non-hydrogen) atoms. The van der Waals surface area contributed by atoms with E-state index >= 15 is 0 Å². The van der Waals surface area contributed by atoms with Gasteiger partial charge in [0, 0.05) is 31.2 Å². The maximum absolute atomic E-state index is 6.09.